The third kappa shape index (κ3) is 5.25. The second-order valence-corrected chi connectivity index (χ2v) is 7.60. The van der Waals surface area contributed by atoms with Gasteiger partial charge in [-0.3, -0.25) is 0 Å². The van der Waals surface area contributed by atoms with Gasteiger partial charge in [-0.25, -0.2) is 0 Å². The minimum Gasteiger partial charge on any atom is -0.394 e. The van der Waals surface area contributed by atoms with Gasteiger partial charge in [0.2, 0.25) is 0 Å². The lowest BCUT2D eigenvalue weighted by atomic mass is 9.98. The van der Waals surface area contributed by atoms with Crippen LogP contribution in [0, 0.1) is 11.3 Å². The highest BCUT2D eigenvalue weighted by Crippen LogP contribution is 2.28. The van der Waals surface area contributed by atoms with Crippen LogP contribution in [0.3, 0.4) is 0 Å². The average molecular weight is 457 g/mol. The first kappa shape index (κ1) is 24.9. The smallest absolute Gasteiger partial charge is 0.188 e. The maximum atomic E-state index is 10.3. The molecule has 0 unspecified atom stereocenters. The number of nitriles is 1. The van der Waals surface area contributed by atoms with Crippen LogP contribution in [0.5, 0.6) is 0 Å². The summed E-state index contributed by atoms with van der Waals surface area (Å²) in [5, 5.41) is 79.1. The van der Waals surface area contributed by atoms with E-state index in [4.69, 9.17) is 18.9 Å². The van der Waals surface area contributed by atoms with Gasteiger partial charge in [-0.15, -0.1) is 0 Å². The monoisotopic (exact) mass is 457 g/mol. The van der Waals surface area contributed by atoms with Gasteiger partial charge in [-0.05, 0) is 5.56 Å². The van der Waals surface area contributed by atoms with E-state index in [9.17, 15) is 41.0 Å². The molecule has 1 aromatic carbocycles. The number of aliphatic hydroxyl groups excluding tert-OH is 7. The topological polar surface area (TPSA) is 202 Å². The molecule has 12 heteroatoms. The molecular weight excluding hydrogens is 430 g/mol. The Morgan fingerprint density at radius 1 is 0.812 bits per heavy atom. The van der Waals surface area contributed by atoms with E-state index < -0.39 is 80.7 Å². The third-order valence-corrected chi connectivity index (χ3v) is 5.43. The summed E-state index contributed by atoms with van der Waals surface area (Å²) in [5.74, 6) is 0. The van der Waals surface area contributed by atoms with Crippen molar-refractivity contribution < 1.29 is 54.7 Å². The molecule has 2 saturated heterocycles. The van der Waals surface area contributed by atoms with Gasteiger partial charge in [0.05, 0.1) is 19.3 Å². The first-order valence-electron chi connectivity index (χ1n) is 10.00. The van der Waals surface area contributed by atoms with E-state index in [1.54, 1.807) is 30.3 Å². The molecule has 7 N–H and O–H groups in total. The van der Waals surface area contributed by atoms with Crippen molar-refractivity contribution in [1.29, 1.82) is 5.26 Å². The van der Waals surface area contributed by atoms with Gasteiger partial charge in [-0.1, -0.05) is 30.3 Å². The van der Waals surface area contributed by atoms with Crippen LogP contribution in [0.15, 0.2) is 30.3 Å². The van der Waals surface area contributed by atoms with Gasteiger partial charge in [-0.2, -0.15) is 5.26 Å². The molecule has 2 fully saturated rings. The Morgan fingerprint density at radius 3 is 1.97 bits per heavy atom. The van der Waals surface area contributed by atoms with E-state index >= 15 is 0 Å². The van der Waals surface area contributed by atoms with Gasteiger partial charge in [0.1, 0.15) is 48.8 Å². The molecule has 0 spiro atoms. The highest BCUT2D eigenvalue weighted by Gasteiger charge is 2.48. The number of ether oxygens (including phenoxy) is 4. The number of aliphatic hydroxyl groups is 7. The molecule has 32 heavy (non-hydrogen) atoms. The van der Waals surface area contributed by atoms with Crippen molar-refractivity contribution >= 4 is 0 Å². The Hall–Kier alpha value is -1.73. The summed E-state index contributed by atoms with van der Waals surface area (Å²) in [7, 11) is 0. The SMILES string of the molecule is N#C[C@@H](O[C@H]1O[C@@H](CO[C@H]2O[C@H](CO)[C@@H](O)[C@H](O)[C@H]2O)[C@@H](O)[C@H](O)[C@H]1O)c1ccccc1. The number of rotatable bonds is 7. The average Bonchev–Trinajstić information content (AvgIpc) is 2.81. The fourth-order valence-corrected chi connectivity index (χ4v) is 3.51. The van der Waals surface area contributed by atoms with Gasteiger partial charge >= 0.3 is 0 Å². The van der Waals surface area contributed by atoms with E-state index in [0.717, 1.165) is 0 Å². The van der Waals surface area contributed by atoms with Crippen LogP contribution in [0.2, 0.25) is 0 Å². The number of benzene rings is 1. The molecule has 0 saturated carbocycles. The fraction of sp³-hybridized carbons (Fsp3) is 0.650. The molecule has 0 radical (unpaired) electrons. The molecule has 3 rings (SSSR count). The minimum absolute atomic E-state index is 0.487. The molecule has 1 aromatic rings. The first-order chi connectivity index (χ1) is 15.3. The van der Waals surface area contributed by atoms with Gasteiger partial charge < -0.3 is 54.7 Å². The van der Waals surface area contributed by atoms with E-state index in [-0.39, 0.29) is 0 Å². The van der Waals surface area contributed by atoms with Crippen LogP contribution < -0.4 is 0 Å². The zero-order chi connectivity index (χ0) is 23.4. The van der Waals surface area contributed by atoms with E-state index in [0.29, 0.717) is 5.56 Å². The largest absolute Gasteiger partial charge is 0.394 e. The summed E-state index contributed by atoms with van der Waals surface area (Å²) in [6.07, 6.45) is -16.5. The molecular formula is C20H27NO11. The zero-order valence-electron chi connectivity index (χ0n) is 16.9. The van der Waals surface area contributed by atoms with Gasteiger partial charge in [0.15, 0.2) is 18.7 Å². The summed E-state index contributed by atoms with van der Waals surface area (Å²) >= 11 is 0. The number of hydrogen-bond donors (Lipinski definition) is 7. The van der Waals surface area contributed by atoms with Crippen molar-refractivity contribution in [3.05, 3.63) is 35.9 Å². The predicted molar refractivity (Wildman–Crippen MR) is 102 cm³/mol. The van der Waals surface area contributed by atoms with Crippen LogP contribution in [0.1, 0.15) is 11.7 Å². The summed E-state index contributed by atoms with van der Waals surface area (Å²) in [4.78, 5) is 0. The van der Waals surface area contributed by atoms with E-state index in [2.05, 4.69) is 0 Å². The van der Waals surface area contributed by atoms with Crippen LogP contribution >= 0.6 is 0 Å². The van der Waals surface area contributed by atoms with Crippen LogP contribution in [-0.4, -0.2) is 110 Å². The molecule has 2 aliphatic rings. The molecule has 178 valence electrons. The van der Waals surface area contributed by atoms with Gasteiger partial charge in [0, 0.05) is 0 Å². The summed E-state index contributed by atoms with van der Waals surface area (Å²) in [6, 6.07) is 10.3. The molecule has 12 nitrogen and oxygen atoms in total. The third-order valence-electron chi connectivity index (χ3n) is 5.43. The zero-order valence-corrected chi connectivity index (χ0v) is 16.9. The maximum absolute atomic E-state index is 10.3. The van der Waals surface area contributed by atoms with Crippen LogP contribution in [0.4, 0.5) is 0 Å². The van der Waals surface area contributed by atoms with Crippen molar-refractivity contribution in [3.8, 4) is 6.07 Å². The summed E-state index contributed by atoms with van der Waals surface area (Å²) in [5.41, 5.74) is 0.487. The second kappa shape index (κ2) is 10.9. The molecule has 2 heterocycles. The van der Waals surface area contributed by atoms with E-state index in [1.807, 2.05) is 6.07 Å². The molecule has 2 aliphatic heterocycles. The van der Waals surface area contributed by atoms with Crippen molar-refractivity contribution in [2.75, 3.05) is 13.2 Å². The Labute approximate surface area is 183 Å². The lowest BCUT2D eigenvalue weighted by Crippen LogP contribution is -2.61. The van der Waals surface area contributed by atoms with Crippen molar-refractivity contribution in [1.82, 2.24) is 0 Å². The lowest BCUT2D eigenvalue weighted by molar-refractivity contribution is -0.334. The van der Waals surface area contributed by atoms with Gasteiger partial charge in [0.25, 0.3) is 0 Å². The minimum atomic E-state index is -1.70. The van der Waals surface area contributed by atoms with Crippen molar-refractivity contribution in [2.45, 2.75) is 67.5 Å². The van der Waals surface area contributed by atoms with Crippen molar-refractivity contribution in [2.24, 2.45) is 0 Å². The molecule has 0 aromatic heterocycles. The normalized spacial score (nSPS) is 41.1. The maximum Gasteiger partial charge on any atom is 0.188 e. The first-order valence-corrected chi connectivity index (χ1v) is 10.00. The number of nitrogens with zero attached hydrogens (tertiary/aromatic N) is 1. The molecule has 0 aliphatic carbocycles. The quantitative estimate of drug-likeness (QED) is 0.218. The lowest BCUT2D eigenvalue weighted by Gasteiger charge is -2.43. The molecule has 0 amide bonds. The molecule has 11 atom stereocenters. The van der Waals surface area contributed by atoms with Crippen LogP contribution in [0.25, 0.3) is 0 Å². The highest BCUT2D eigenvalue weighted by atomic mass is 16.7. The van der Waals surface area contributed by atoms with E-state index in [1.165, 1.54) is 0 Å². The highest BCUT2D eigenvalue weighted by molar-refractivity contribution is 5.22. The van der Waals surface area contributed by atoms with Crippen LogP contribution in [-0.2, 0) is 18.9 Å². The molecule has 0 bridgehead atoms. The Kier molecular flexibility index (Phi) is 8.50. The standard InChI is InChI=1S/C20H27NO11/c21-6-10(9-4-2-1-3-5-9)30-20-18(28)16(26)14(24)12(32-20)8-29-19-17(27)15(25)13(23)11(7-22)31-19/h1-5,10-20,22-28H,7-8H2/t10-,11-,12+,13-,14-,15+,16+,17-,18-,19+,20+/m1/s1. The second-order valence-electron chi connectivity index (χ2n) is 7.60. The Morgan fingerprint density at radius 2 is 1.38 bits per heavy atom. The predicted octanol–water partition coefficient (Wildman–Crippen LogP) is -3.11. The van der Waals surface area contributed by atoms with Crippen molar-refractivity contribution in [3.63, 3.8) is 0 Å². The Bertz CT molecular complexity index is 760. The summed E-state index contributed by atoms with van der Waals surface area (Å²) < 4.78 is 21.6. The summed E-state index contributed by atoms with van der Waals surface area (Å²) in [6.45, 7) is -1.14. The Balaban J connectivity index is 1.65. The fourth-order valence-electron chi connectivity index (χ4n) is 3.51. The number of hydrogen-bond acceptors (Lipinski definition) is 12.